The van der Waals surface area contributed by atoms with E-state index in [-0.39, 0.29) is 17.1 Å². The number of aromatic nitrogens is 1. The van der Waals surface area contributed by atoms with Crippen molar-refractivity contribution in [3.63, 3.8) is 0 Å². The summed E-state index contributed by atoms with van der Waals surface area (Å²) in [4.78, 5) is 21.5. The number of hydrogen-bond acceptors (Lipinski definition) is 7. The lowest BCUT2D eigenvalue weighted by atomic mass is 9.88. The van der Waals surface area contributed by atoms with Crippen LogP contribution in [0.4, 0.5) is 5.69 Å². The first kappa shape index (κ1) is 18.2. The van der Waals surface area contributed by atoms with E-state index >= 15 is 0 Å². The number of nitrogens with zero attached hydrogens (tertiary/aromatic N) is 3. The van der Waals surface area contributed by atoms with Crippen LogP contribution in [0.5, 0.6) is 0 Å². The van der Waals surface area contributed by atoms with Gasteiger partial charge in [-0.05, 0) is 32.4 Å². The second-order valence-electron chi connectivity index (χ2n) is 6.46. The van der Waals surface area contributed by atoms with Gasteiger partial charge in [0.15, 0.2) is 0 Å². The highest BCUT2D eigenvalue weighted by Gasteiger charge is 2.51. The van der Waals surface area contributed by atoms with E-state index in [1.54, 1.807) is 13.8 Å². The lowest BCUT2D eigenvalue weighted by molar-refractivity contribution is -0.384. The summed E-state index contributed by atoms with van der Waals surface area (Å²) in [7, 11) is -3.99. The van der Waals surface area contributed by atoms with Gasteiger partial charge >= 0.3 is 0 Å². The third-order valence-corrected chi connectivity index (χ3v) is 6.77. The van der Waals surface area contributed by atoms with Crippen molar-refractivity contribution in [2.45, 2.75) is 30.7 Å². The lowest BCUT2D eigenvalue weighted by Crippen LogP contribution is -2.43. The zero-order chi connectivity index (χ0) is 19.1. The monoisotopic (exact) mass is 379 g/mol. The van der Waals surface area contributed by atoms with E-state index in [9.17, 15) is 23.3 Å². The first-order valence-electron chi connectivity index (χ1n) is 7.84. The van der Waals surface area contributed by atoms with Gasteiger partial charge < -0.3 is 9.32 Å². The Bertz CT molecular complexity index is 953. The van der Waals surface area contributed by atoms with E-state index in [1.165, 1.54) is 22.6 Å². The molecule has 2 heterocycles. The number of sulfonamides is 1. The molecule has 1 aliphatic rings. The predicted octanol–water partition coefficient (Wildman–Crippen LogP) is 2.02. The van der Waals surface area contributed by atoms with E-state index < -0.39 is 26.4 Å². The van der Waals surface area contributed by atoms with E-state index in [1.807, 2.05) is 0 Å². The standard InChI is InChI=1S/C16H17N3O6S/c1-11-15(8-17-25-11)16(2)7-12(10-20)9-18(16)26(23,24)14-5-3-13(4-6-14)19(21)22/h3-6,8,10,12H,7,9H2,1-2H3/t12-,16-/m1/s1. The Morgan fingerprint density at radius 3 is 2.54 bits per heavy atom. The SMILES string of the molecule is Cc1oncc1[C@@]1(C)C[C@@H](C=O)CN1S(=O)(=O)c1ccc([N+](=O)[O-])cc1. The summed E-state index contributed by atoms with van der Waals surface area (Å²) in [5, 5.41) is 14.5. The Morgan fingerprint density at radius 2 is 2.04 bits per heavy atom. The fourth-order valence-electron chi connectivity index (χ4n) is 3.47. The molecule has 2 aromatic rings. The van der Waals surface area contributed by atoms with Crippen molar-refractivity contribution in [1.29, 1.82) is 0 Å². The highest BCUT2D eigenvalue weighted by molar-refractivity contribution is 7.89. The van der Waals surface area contributed by atoms with Crippen molar-refractivity contribution in [2.24, 2.45) is 5.92 Å². The zero-order valence-electron chi connectivity index (χ0n) is 14.2. The Kier molecular flexibility index (Phi) is 4.41. The van der Waals surface area contributed by atoms with E-state index in [0.717, 1.165) is 18.4 Å². The molecule has 0 amide bonds. The second kappa shape index (κ2) is 6.29. The summed E-state index contributed by atoms with van der Waals surface area (Å²) in [5.41, 5.74) is -0.614. The quantitative estimate of drug-likeness (QED) is 0.442. The van der Waals surface area contributed by atoms with Crippen LogP contribution >= 0.6 is 0 Å². The van der Waals surface area contributed by atoms with Crippen molar-refractivity contribution < 1.29 is 22.7 Å². The number of non-ortho nitro benzene ring substituents is 1. The van der Waals surface area contributed by atoms with Gasteiger partial charge in [0.2, 0.25) is 10.0 Å². The molecule has 0 unspecified atom stereocenters. The molecule has 10 heteroatoms. The molecule has 0 spiro atoms. The molecule has 2 atom stereocenters. The number of nitro benzene ring substituents is 1. The van der Waals surface area contributed by atoms with Crippen molar-refractivity contribution in [2.75, 3.05) is 6.54 Å². The number of nitro groups is 1. The van der Waals surface area contributed by atoms with Crippen LogP contribution in [0.2, 0.25) is 0 Å². The van der Waals surface area contributed by atoms with Crippen molar-refractivity contribution in [3.05, 3.63) is 51.9 Å². The van der Waals surface area contributed by atoms with Gasteiger partial charge in [0.1, 0.15) is 12.0 Å². The second-order valence-corrected chi connectivity index (χ2v) is 8.32. The summed E-state index contributed by atoms with van der Waals surface area (Å²) in [5.74, 6) is 0.00470. The highest BCUT2D eigenvalue weighted by Crippen LogP contribution is 2.45. The fraction of sp³-hybridized carbons (Fsp3) is 0.375. The Labute approximate surface area is 149 Å². The Morgan fingerprint density at radius 1 is 1.38 bits per heavy atom. The predicted molar refractivity (Wildman–Crippen MR) is 89.8 cm³/mol. The van der Waals surface area contributed by atoms with Gasteiger partial charge in [0, 0.05) is 30.2 Å². The molecule has 0 aliphatic carbocycles. The van der Waals surface area contributed by atoms with Crippen LogP contribution in [0.1, 0.15) is 24.7 Å². The van der Waals surface area contributed by atoms with Crippen LogP contribution in [-0.2, 0) is 20.4 Å². The minimum Gasteiger partial charge on any atom is -0.361 e. The number of hydrogen-bond donors (Lipinski definition) is 0. The van der Waals surface area contributed by atoms with Crippen LogP contribution in [0.25, 0.3) is 0 Å². The van der Waals surface area contributed by atoms with Gasteiger partial charge in [-0.2, -0.15) is 4.31 Å². The summed E-state index contributed by atoms with van der Waals surface area (Å²) in [6, 6.07) is 4.68. The van der Waals surface area contributed by atoms with Crippen LogP contribution < -0.4 is 0 Å². The Hall–Kier alpha value is -2.59. The molecule has 0 saturated carbocycles. The average Bonchev–Trinajstić information content (AvgIpc) is 3.19. The highest BCUT2D eigenvalue weighted by atomic mass is 32.2. The van der Waals surface area contributed by atoms with Crippen LogP contribution in [0.3, 0.4) is 0 Å². The number of carbonyl (C=O) groups is 1. The lowest BCUT2D eigenvalue weighted by Gasteiger charge is -2.33. The molecule has 1 aliphatic heterocycles. The number of aryl methyl sites for hydroxylation is 1. The topological polar surface area (TPSA) is 124 Å². The van der Waals surface area contributed by atoms with Crippen molar-refractivity contribution in [1.82, 2.24) is 9.46 Å². The summed E-state index contributed by atoms with van der Waals surface area (Å²) in [6.45, 7) is 3.42. The molecule has 1 aromatic heterocycles. The maximum Gasteiger partial charge on any atom is 0.269 e. The zero-order valence-corrected chi connectivity index (χ0v) is 15.0. The third kappa shape index (κ3) is 2.80. The molecule has 3 rings (SSSR count). The number of rotatable bonds is 5. The Balaban J connectivity index is 2.07. The fourth-order valence-corrected chi connectivity index (χ4v) is 5.30. The van der Waals surface area contributed by atoms with Gasteiger partial charge in [0.25, 0.3) is 5.69 Å². The van der Waals surface area contributed by atoms with Gasteiger partial charge in [0.05, 0.1) is 21.6 Å². The van der Waals surface area contributed by atoms with Crippen LogP contribution in [0.15, 0.2) is 39.9 Å². The smallest absolute Gasteiger partial charge is 0.269 e. The largest absolute Gasteiger partial charge is 0.361 e. The molecule has 1 saturated heterocycles. The molecule has 0 radical (unpaired) electrons. The maximum absolute atomic E-state index is 13.2. The first-order chi connectivity index (χ1) is 12.2. The van der Waals surface area contributed by atoms with Gasteiger partial charge in [-0.1, -0.05) is 5.16 Å². The molecule has 0 N–H and O–H groups in total. The molecular formula is C16H17N3O6S. The average molecular weight is 379 g/mol. The summed E-state index contributed by atoms with van der Waals surface area (Å²) < 4.78 is 32.7. The minimum atomic E-state index is -3.99. The molecule has 9 nitrogen and oxygen atoms in total. The van der Waals surface area contributed by atoms with Crippen molar-refractivity contribution in [3.8, 4) is 0 Å². The third-order valence-electron chi connectivity index (χ3n) is 4.77. The van der Waals surface area contributed by atoms with Crippen LogP contribution in [0, 0.1) is 23.0 Å². The molecule has 138 valence electrons. The number of carbonyl (C=O) groups excluding carboxylic acids is 1. The van der Waals surface area contributed by atoms with Gasteiger partial charge in [-0.25, -0.2) is 8.42 Å². The van der Waals surface area contributed by atoms with E-state index in [4.69, 9.17) is 4.52 Å². The van der Waals surface area contributed by atoms with Crippen molar-refractivity contribution >= 4 is 22.0 Å². The number of aldehydes is 1. The normalized spacial score (nSPS) is 23.8. The van der Waals surface area contributed by atoms with E-state index in [0.29, 0.717) is 17.7 Å². The van der Waals surface area contributed by atoms with E-state index in [2.05, 4.69) is 5.16 Å². The number of benzene rings is 1. The van der Waals surface area contributed by atoms with Gasteiger partial charge in [-0.15, -0.1) is 0 Å². The molecule has 1 fully saturated rings. The van der Waals surface area contributed by atoms with Gasteiger partial charge in [-0.3, -0.25) is 10.1 Å². The minimum absolute atomic E-state index is 0.0178. The summed E-state index contributed by atoms with van der Waals surface area (Å²) >= 11 is 0. The maximum atomic E-state index is 13.2. The molecule has 26 heavy (non-hydrogen) atoms. The summed E-state index contributed by atoms with van der Waals surface area (Å²) in [6.07, 6.45) is 2.50. The molecular weight excluding hydrogens is 362 g/mol. The molecule has 0 bridgehead atoms. The van der Waals surface area contributed by atoms with Crippen LogP contribution in [-0.4, -0.2) is 35.6 Å². The molecule has 1 aromatic carbocycles. The first-order valence-corrected chi connectivity index (χ1v) is 9.28.